The molecule has 1 heterocycles. The molecule has 0 spiro atoms. The summed E-state index contributed by atoms with van der Waals surface area (Å²) < 4.78 is 70.0. The van der Waals surface area contributed by atoms with Crippen molar-refractivity contribution in [3.8, 4) is 11.6 Å². The lowest BCUT2D eigenvalue weighted by Crippen LogP contribution is -2.20. The summed E-state index contributed by atoms with van der Waals surface area (Å²) in [5.74, 6) is -1.01. The van der Waals surface area contributed by atoms with Gasteiger partial charge in [0.25, 0.3) is 0 Å². The van der Waals surface area contributed by atoms with Gasteiger partial charge in [0.05, 0.1) is 13.5 Å². The average Bonchev–Trinajstić information content (AvgIpc) is 2.67. The quantitative estimate of drug-likeness (QED) is 0.590. The summed E-state index contributed by atoms with van der Waals surface area (Å²) in [7, 11) is 1.36. The number of hydrogen-bond acceptors (Lipinski definition) is 6. The van der Waals surface area contributed by atoms with Gasteiger partial charge in [-0.2, -0.15) is 0 Å². The van der Waals surface area contributed by atoms with E-state index in [9.17, 15) is 26.7 Å². The Morgan fingerprint density at radius 1 is 1.20 bits per heavy atom. The van der Waals surface area contributed by atoms with Crippen molar-refractivity contribution in [1.29, 1.82) is 0 Å². The molecule has 0 aliphatic carbocycles. The monoisotopic (exact) mass is 439 g/mol. The fraction of sp³-hybridized carbons (Fsp3) is 0.158. The molecule has 1 amide bonds. The highest BCUT2D eigenvalue weighted by Gasteiger charge is 2.32. The first-order chi connectivity index (χ1) is 14.2. The van der Waals surface area contributed by atoms with Crippen LogP contribution in [0.15, 0.2) is 53.6 Å². The maximum absolute atomic E-state index is 12.5. The molecule has 3 rings (SSSR count). The third-order valence-corrected chi connectivity index (χ3v) is 4.71. The number of ether oxygens (including phenoxy) is 2. The Hall–Kier alpha value is -3.18. The van der Waals surface area contributed by atoms with Crippen molar-refractivity contribution in [2.75, 3.05) is 12.4 Å². The van der Waals surface area contributed by atoms with Crippen LogP contribution in [-0.4, -0.2) is 33.1 Å². The number of para-hydroxylation sites is 1. The van der Waals surface area contributed by atoms with E-state index in [2.05, 4.69) is 15.0 Å². The molecule has 30 heavy (non-hydrogen) atoms. The Bertz CT molecular complexity index is 1120. The predicted octanol–water partition coefficient (Wildman–Crippen LogP) is 3.56. The Labute approximate surface area is 171 Å². The van der Waals surface area contributed by atoms with Gasteiger partial charge in [0.15, 0.2) is 0 Å². The summed E-state index contributed by atoms with van der Waals surface area (Å²) in [6, 6.07) is 9.43. The van der Waals surface area contributed by atoms with Gasteiger partial charge in [-0.3, -0.25) is 9.00 Å². The van der Waals surface area contributed by atoms with Crippen molar-refractivity contribution in [2.24, 2.45) is 0 Å². The number of amides is 1. The van der Waals surface area contributed by atoms with Gasteiger partial charge in [0, 0.05) is 33.1 Å². The summed E-state index contributed by atoms with van der Waals surface area (Å²) in [5, 5.41) is 3.18. The lowest BCUT2D eigenvalue weighted by atomic mass is 10.1. The number of carbonyl (C=O) groups excluding carboxylic acids is 1. The minimum absolute atomic E-state index is 0.0139. The van der Waals surface area contributed by atoms with E-state index in [1.807, 2.05) is 0 Å². The van der Waals surface area contributed by atoms with Crippen LogP contribution in [0.3, 0.4) is 0 Å². The van der Waals surface area contributed by atoms with Gasteiger partial charge in [-0.05, 0) is 35.3 Å². The highest BCUT2D eigenvalue weighted by atomic mass is 32.2. The smallest absolute Gasteiger partial charge is 0.573 e. The van der Waals surface area contributed by atoms with Gasteiger partial charge in [-0.25, -0.2) is 4.98 Å². The third kappa shape index (κ3) is 5.05. The maximum atomic E-state index is 12.5. The second-order valence-electron chi connectivity index (χ2n) is 6.00. The highest BCUT2D eigenvalue weighted by molar-refractivity contribution is 7.79. The lowest BCUT2D eigenvalue weighted by Gasteiger charge is -2.15. The molecule has 0 aliphatic heterocycles. The van der Waals surface area contributed by atoms with Crippen LogP contribution >= 0.6 is 0 Å². The molecular weight excluding hydrogens is 425 g/mol. The van der Waals surface area contributed by atoms with E-state index in [-0.39, 0.29) is 22.0 Å². The SMILES string of the molecule is COc1nccc2c(S(=O)[O-])cc(NC(=O)Cc3ccccc3OC(F)(F)F)cc12. The highest BCUT2D eigenvalue weighted by Crippen LogP contribution is 2.31. The summed E-state index contributed by atoms with van der Waals surface area (Å²) in [6.07, 6.45) is -3.95. The number of halogens is 3. The van der Waals surface area contributed by atoms with Crippen LogP contribution in [0.4, 0.5) is 18.9 Å². The van der Waals surface area contributed by atoms with E-state index in [1.54, 1.807) is 0 Å². The first-order valence-corrected chi connectivity index (χ1v) is 9.45. The lowest BCUT2D eigenvalue weighted by molar-refractivity contribution is -0.274. The summed E-state index contributed by atoms with van der Waals surface area (Å²) in [5.41, 5.74) is 0.132. The second-order valence-corrected chi connectivity index (χ2v) is 6.91. The molecule has 0 radical (unpaired) electrons. The van der Waals surface area contributed by atoms with E-state index in [0.717, 1.165) is 6.07 Å². The topological polar surface area (TPSA) is 101 Å². The number of aromatic nitrogens is 1. The molecule has 1 aromatic heterocycles. The molecule has 1 atom stereocenters. The predicted molar refractivity (Wildman–Crippen MR) is 101 cm³/mol. The number of pyridine rings is 1. The molecule has 3 aromatic rings. The van der Waals surface area contributed by atoms with Crippen LogP contribution < -0.4 is 14.8 Å². The van der Waals surface area contributed by atoms with Crippen LogP contribution in [0.2, 0.25) is 0 Å². The fourth-order valence-corrected chi connectivity index (χ4v) is 3.43. The molecule has 1 N–H and O–H groups in total. The zero-order chi connectivity index (χ0) is 21.9. The number of fused-ring (bicyclic) bond motifs is 1. The van der Waals surface area contributed by atoms with Gasteiger partial charge in [-0.15, -0.1) is 13.2 Å². The molecule has 1 unspecified atom stereocenters. The number of anilines is 1. The third-order valence-electron chi connectivity index (χ3n) is 4.01. The largest absolute Gasteiger partial charge is 0.768 e. The van der Waals surface area contributed by atoms with Crippen molar-refractivity contribution in [2.45, 2.75) is 17.7 Å². The molecule has 7 nitrogen and oxygen atoms in total. The zero-order valence-corrected chi connectivity index (χ0v) is 16.2. The standard InChI is InChI=1S/C19H15F3N2O5S/c1-28-18-14-9-12(10-16(30(26)27)13(14)6-7-23-18)24-17(25)8-11-4-2-3-5-15(11)29-19(20,21)22/h2-7,9-10H,8H2,1H3,(H,24,25)(H,26,27)/p-1. The Balaban J connectivity index is 1.90. The van der Waals surface area contributed by atoms with Gasteiger partial charge in [0.2, 0.25) is 11.8 Å². The van der Waals surface area contributed by atoms with Crippen LogP contribution in [0.1, 0.15) is 5.56 Å². The molecule has 0 saturated heterocycles. The van der Waals surface area contributed by atoms with Crippen molar-refractivity contribution >= 4 is 33.4 Å². The van der Waals surface area contributed by atoms with Crippen LogP contribution in [0.5, 0.6) is 11.6 Å². The molecule has 2 aromatic carbocycles. The molecule has 0 aliphatic rings. The van der Waals surface area contributed by atoms with Crippen molar-refractivity contribution in [3.63, 3.8) is 0 Å². The molecular formula is C19H14F3N2O5S-. The number of nitrogens with one attached hydrogen (secondary N) is 1. The van der Waals surface area contributed by atoms with Crippen molar-refractivity contribution in [1.82, 2.24) is 4.98 Å². The van der Waals surface area contributed by atoms with E-state index in [0.29, 0.717) is 10.8 Å². The second kappa shape index (κ2) is 8.67. The minimum Gasteiger partial charge on any atom is -0.768 e. The van der Waals surface area contributed by atoms with Crippen LogP contribution in [0, 0.1) is 0 Å². The Morgan fingerprint density at radius 3 is 2.60 bits per heavy atom. The van der Waals surface area contributed by atoms with Crippen molar-refractivity contribution in [3.05, 3.63) is 54.2 Å². The number of carbonyl (C=O) groups is 1. The first kappa shape index (κ1) is 21.5. The molecule has 0 saturated carbocycles. The zero-order valence-electron chi connectivity index (χ0n) is 15.4. The van der Waals surface area contributed by atoms with E-state index >= 15 is 0 Å². The number of methoxy groups -OCH3 is 1. The van der Waals surface area contributed by atoms with Crippen molar-refractivity contribution < 1.29 is 36.2 Å². The van der Waals surface area contributed by atoms with E-state index in [1.165, 1.54) is 49.7 Å². The van der Waals surface area contributed by atoms with Gasteiger partial charge < -0.3 is 19.3 Å². The Morgan fingerprint density at radius 2 is 1.93 bits per heavy atom. The summed E-state index contributed by atoms with van der Waals surface area (Å²) in [4.78, 5) is 16.3. The average molecular weight is 439 g/mol. The first-order valence-electron chi connectivity index (χ1n) is 8.37. The van der Waals surface area contributed by atoms with Gasteiger partial charge in [0.1, 0.15) is 5.75 Å². The van der Waals surface area contributed by atoms with E-state index in [4.69, 9.17) is 4.74 Å². The van der Waals surface area contributed by atoms with Crippen LogP contribution in [0.25, 0.3) is 10.8 Å². The van der Waals surface area contributed by atoms with Crippen LogP contribution in [-0.2, 0) is 22.3 Å². The normalized spacial score (nSPS) is 12.4. The molecule has 158 valence electrons. The molecule has 0 fully saturated rings. The van der Waals surface area contributed by atoms with Gasteiger partial charge in [-0.1, -0.05) is 18.2 Å². The number of benzene rings is 2. The minimum atomic E-state index is -4.90. The number of nitrogens with zero attached hydrogens (tertiary/aromatic N) is 1. The molecule has 11 heteroatoms. The number of alkyl halides is 3. The number of rotatable bonds is 6. The fourth-order valence-electron chi connectivity index (χ4n) is 2.85. The molecule has 0 bridgehead atoms. The Kier molecular flexibility index (Phi) is 6.22. The van der Waals surface area contributed by atoms with Gasteiger partial charge >= 0.3 is 6.36 Å². The summed E-state index contributed by atoms with van der Waals surface area (Å²) in [6.45, 7) is 0. The maximum Gasteiger partial charge on any atom is 0.573 e. The van der Waals surface area contributed by atoms with E-state index < -0.39 is 35.5 Å². The number of hydrogen-bond donors (Lipinski definition) is 1. The summed E-state index contributed by atoms with van der Waals surface area (Å²) >= 11 is -2.62.